The van der Waals surface area contributed by atoms with Crippen LogP contribution in [0.1, 0.15) is 55.8 Å². The first-order valence-electron chi connectivity index (χ1n) is 8.76. The molecular weight excluding hydrogens is 405 g/mol. The molecule has 2 aromatic rings. The summed E-state index contributed by atoms with van der Waals surface area (Å²) in [7, 11) is 0. The molecule has 24 heavy (non-hydrogen) atoms. The molecule has 2 aliphatic rings. The maximum Gasteiger partial charge on any atom is 0.0553 e. The van der Waals surface area contributed by atoms with Gasteiger partial charge in [-0.2, -0.15) is 0 Å². The molecule has 0 saturated heterocycles. The second-order valence-electron chi connectivity index (χ2n) is 8.08. The fraction of sp³-hybridized carbons (Fsp3) is 0.364. The third kappa shape index (κ3) is 2.79. The molecule has 124 valence electrons. The minimum Gasteiger partial charge on any atom is -0.378 e. The van der Waals surface area contributed by atoms with Crippen LogP contribution in [0, 0.1) is 9.49 Å². The van der Waals surface area contributed by atoms with Gasteiger partial charge in [-0.05, 0) is 75.2 Å². The van der Waals surface area contributed by atoms with Crippen LogP contribution in [0.4, 0.5) is 5.69 Å². The predicted molar refractivity (Wildman–Crippen MR) is 111 cm³/mol. The van der Waals surface area contributed by atoms with Gasteiger partial charge in [-0.15, -0.1) is 0 Å². The number of hydrogen-bond acceptors (Lipinski definition) is 1. The number of fused-ring (bicyclic) bond motifs is 3. The highest BCUT2D eigenvalue weighted by Crippen LogP contribution is 2.50. The fourth-order valence-corrected chi connectivity index (χ4v) is 4.60. The summed E-state index contributed by atoms with van der Waals surface area (Å²) in [5.41, 5.74) is 5.78. The van der Waals surface area contributed by atoms with Crippen molar-refractivity contribution in [1.82, 2.24) is 0 Å². The van der Waals surface area contributed by atoms with Crippen molar-refractivity contribution in [3.8, 4) is 0 Å². The Kier molecular flexibility index (Phi) is 3.98. The van der Waals surface area contributed by atoms with E-state index in [0.29, 0.717) is 17.9 Å². The summed E-state index contributed by atoms with van der Waals surface area (Å²) in [6, 6.07) is 16.4. The summed E-state index contributed by atoms with van der Waals surface area (Å²) in [4.78, 5) is 0. The summed E-state index contributed by atoms with van der Waals surface area (Å²) in [6.45, 7) is 6.82. The standard InChI is InChI=1S/C22H24IN/c1-22(2,3)15-9-7-14(8-10-15)21-18-6-4-5-17(18)19-13-16(23)11-12-20(19)24-21/h4-5,7-13,17-18,21,24H,6H2,1-3H3/t17-,18-,21-/m0/s1. The van der Waals surface area contributed by atoms with E-state index in [0.717, 1.165) is 6.42 Å². The molecule has 0 aromatic heterocycles. The highest BCUT2D eigenvalue weighted by molar-refractivity contribution is 14.1. The van der Waals surface area contributed by atoms with E-state index in [1.165, 1.54) is 25.9 Å². The van der Waals surface area contributed by atoms with Gasteiger partial charge in [0.05, 0.1) is 6.04 Å². The minimum absolute atomic E-state index is 0.208. The topological polar surface area (TPSA) is 12.0 Å². The van der Waals surface area contributed by atoms with Gasteiger partial charge in [0.15, 0.2) is 0 Å². The molecule has 0 radical (unpaired) electrons. The number of hydrogen-bond donors (Lipinski definition) is 1. The van der Waals surface area contributed by atoms with Gasteiger partial charge in [-0.1, -0.05) is 57.2 Å². The second kappa shape index (κ2) is 5.91. The average molecular weight is 429 g/mol. The van der Waals surface area contributed by atoms with Crippen LogP contribution in [-0.2, 0) is 5.41 Å². The van der Waals surface area contributed by atoms with Crippen LogP contribution in [-0.4, -0.2) is 0 Å². The Bertz CT molecular complexity index is 783. The van der Waals surface area contributed by atoms with E-state index in [1.54, 1.807) is 0 Å². The van der Waals surface area contributed by atoms with E-state index >= 15 is 0 Å². The van der Waals surface area contributed by atoms with Gasteiger partial charge in [-0.3, -0.25) is 0 Å². The number of nitrogens with one attached hydrogen (secondary N) is 1. The van der Waals surface area contributed by atoms with Crippen molar-refractivity contribution in [2.45, 2.75) is 44.6 Å². The third-order valence-electron chi connectivity index (χ3n) is 5.46. The Morgan fingerprint density at radius 2 is 1.79 bits per heavy atom. The Labute approximate surface area is 158 Å². The zero-order valence-corrected chi connectivity index (χ0v) is 16.7. The molecule has 0 saturated carbocycles. The zero-order valence-electron chi connectivity index (χ0n) is 14.5. The molecule has 0 amide bonds. The fourth-order valence-electron chi connectivity index (χ4n) is 4.09. The first kappa shape index (κ1) is 16.2. The smallest absolute Gasteiger partial charge is 0.0553 e. The lowest BCUT2D eigenvalue weighted by Gasteiger charge is -2.37. The van der Waals surface area contributed by atoms with Crippen LogP contribution in [0.2, 0.25) is 0 Å². The minimum atomic E-state index is 0.208. The van der Waals surface area contributed by atoms with Crippen LogP contribution in [0.5, 0.6) is 0 Å². The summed E-state index contributed by atoms with van der Waals surface area (Å²) < 4.78 is 1.32. The first-order valence-corrected chi connectivity index (χ1v) is 9.84. The molecule has 0 spiro atoms. The van der Waals surface area contributed by atoms with Gasteiger partial charge in [0.2, 0.25) is 0 Å². The van der Waals surface area contributed by atoms with E-state index < -0.39 is 0 Å². The van der Waals surface area contributed by atoms with Crippen molar-refractivity contribution >= 4 is 28.3 Å². The molecule has 3 atom stereocenters. The van der Waals surface area contributed by atoms with Crippen molar-refractivity contribution in [2.24, 2.45) is 5.92 Å². The van der Waals surface area contributed by atoms with E-state index in [-0.39, 0.29) is 5.41 Å². The SMILES string of the molecule is CC(C)(C)c1ccc([C@@H]2Nc3ccc(I)cc3[C@H]3C=CC[C@@H]32)cc1. The third-order valence-corrected chi connectivity index (χ3v) is 6.13. The van der Waals surface area contributed by atoms with Crippen LogP contribution >= 0.6 is 22.6 Å². The molecule has 0 fully saturated rings. The van der Waals surface area contributed by atoms with Crippen molar-refractivity contribution in [2.75, 3.05) is 5.32 Å². The maximum atomic E-state index is 3.83. The Morgan fingerprint density at radius 1 is 1.04 bits per heavy atom. The Balaban J connectivity index is 1.71. The first-order chi connectivity index (χ1) is 11.4. The van der Waals surface area contributed by atoms with E-state index in [1.807, 2.05) is 0 Å². The number of rotatable bonds is 1. The average Bonchev–Trinajstić information content (AvgIpc) is 3.03. The van der Waals surface area contributed by atoms with Gasteiger partial charge < -0.3 is 5.32 Å². The number of benzene rings is 2. The van der Waals surface area contributed by atoms with Crippen molar-refractivity contribution in [1.29, 1.82) is 0 Å². The molecule has 2 heteroatoms. The quantitative estimate of drug-likeness (QED) is 0.408. The Hall–Kier alpha value is -1.29. The maximum absolute atomic E-state index is 3.83. The lowest BCUT2D eigenvalue weighted by Crippen LogP contribution is -2.29. The van der Waals surface area contributed by atoms with Gasteiger partial charge >= 0.3 is 0 Å². The lowest BCUT2D eigenvalue weighted by molar-refractivity contribution is 0.425. The van der Waals surface area contributed by atoms with Crippen LogP contribution < -0.4 is 5.32 Å². The molecule has 1 aliphatic carbocycles. The highest BCUT2D eigenvalue weighted by Gasteiger charge is 2.37. The van der Waals surface area contributed by atoms with Gasteiger partial charge in [-0.25, -0.2) is 0 Å². The highest BCUT2D eigenvalue weighted by atomic mass is 127. The van der Waals surface area contributed by atoms with Crippen molar-refractivity contribution < 1.29 is 0 Å². The summed E-state index contributed by atoms with van der Waals surface area (Å²) in [6.07, 6.45) is 5.94. The van der Waals surface area contributed by atoms with E-state index in [2.05, 4.69) is 103 Å². The zero-order chi connectivity index (χ0) is 16.9. The number of allylic oxidation sites excluding steroid dienone is 2. The molecule has 4 rings (SSSR count). The summed E-state index contributed by atoms with van der Waals surface area (Å²) >= 11 is 2.42. The van der Waals surface area contributed by atoms with Gasteiger partial charge in [0, 0.05) is 15.2 Å². The molecule has 1 nitrogen and oxygen atoms in total. The van der Waals surface area contributed by atoms with Gasteiger partial charge in [0.25, 0.3) is 0 Å². The monoisotopic (exact) mass is 429 g/mol. The normalized spacial score (nSPS) is 25.1. The number of anilines is 1. The van der Waals surface area contributed by atoms with E-state index in [9.17, 15) is 0 Å². The molecule has 0 unspecified atom stereocenters. The summed E-state index contributed by atoms with van der Waals surface area (Å²) in [5.74, 6) is 1.17. The van der Waals surface area contributed by atoms with E-state index in [4.69, 9.17) is 0 Å². The molecular formula is C22H24IN. The van der Waals surface area contributed by atoms with Crippen molar-refractivity contribution in [3.63, 3.8) is 0 Å². The molecule has 1 aliphatic heterocycles. The van der Waals surface area contributed by atoms with Crippen LogP contribution in [0.15, 0.2) is 54.6 Å². The molecule has 2 aromatic carbocycles. The lowest BCUT2D eigenvalue weighted by atomic mass is 9.76. The van der Waals surface area contributed by atoms with Crippen LogP contribution in [0.3, 0.4) is 0 Å². The van der Waals surface area contributed by atoms with Crippen molar-refractivity contribution in [3.05, 3.63) is 74.9 Å². The van der Waals surface area contributed by atoms with Crippen LogP contribution in [0.25, 0.3) is 0 Å². The Morgan fingerprint density at radius 3 is 2.50 bits per heavy atom. The predicted octanol–water partition coefficient (Wildman–Crippen LogP) is 6.42. The number of halogens is 1. The second-order valence-corrected chi connectivity index (χ2v) is 9.32. The molecule has 1 N–H and O–H groups in total. The summed E-state index contributed by atoms with van der Waals surface area (Å²) in [5, 5.41) is 3.83. The molecule has 0 bridgehead atoms. The molecule has 1 heterocycles. The largest absolute Gasteiger partial charge is 0.378 e. The van der Waals surface area contributed by atoms with Gasteiger partial charge in [0.1, 0.15) is 0 Å².